The van der Waals surface area contributed by atoms with Gasteiger partial charge in [-0.15, -0.1) is 0 Å². The molecule has 1 aromatic heterocycles. The van der Waals surface area contributed by atoms with Crippen LogP contribution in [0.25, 0.3) is 5.69 Å². The summed E-state index contributed by atoms with van der Waals surface area (Å²) in [7, 11) is 1.51. The van der Waals surface area contributed by atoms with Crippen LogP contribution in [0.15, 0.2) is 54.7 Å². The van der Waals surface area contributed by atoms with Gasteiger partial charge in [0.2, 0.25) is 0 Å². The number of aromatic nitrogens is 2. The second kappa shape index (κ2) is 7.71. The molecule has 0 bridgehead atoms. The zero-order valence-corrected chi connectivity index (χ0v) is 14.6. The first-order chi connectivity index (χ1) is 13.3. The number of rotatable bonds is 5. The minimum Gasteiger partial charge on any atom is -0.497 e. The van der Waals surface area contributed by atoms with E-state index in [0.29, 0.717) is 16.0 Å². The molecule has 9 heteroatoms. The topological polar surface area (TPSA) is 56.1 Å². The summed E-state index contributed by atoms with van der Waals surface area (Å²) in [4.78, 5) is 12.4. The van der Waals surface area contributed by atoms with Crippen molar-refractivity contribution in [3.05, 3.63) is 77.4 Å². The van der Waals surface area contributed by atoms with E-state index in [1.807, 2.05) is 0 Å². The van der Waals surface area contributed by atoms with Crippen LogP contribution in [-0.2, 0) is 12.7 Å². The van der Waals surface area contributed by atoms with Crippen molar-refractivity contribution in [2.75, 3.05) is 7.11 Å². The molecule has 0 unspecified atom stereocenters. The molecule has 0 saturated carbocycles. The first-order valence-corrected chi connectivity index (χ1v) is 8.12. The van der Waals surface area contributed by atoms with Gasteiger partial charge in [0.25, 0.3) is 5.91 Å². The molecule has 0 aliphatic carbocycles. The molecule has 0 aliphatic heterocycles. The lowest BCUT2D eigenvalue weighted by Gasteiger charge is -2.13. The molecular weight excluding hydrogens is 378 g/mol. The van der Waals surface area contributed by atoms with Crippen molar-refractivity contribution < 1.29 is 27.1 Å². The fourth-order valence-electron chi connectivity index (χ4n) is 2.59. The SMILES string of the molecule is COc1ccc(CNC(=O)c2cnn(-c3ccc(F)cc3)c2C(F)(F)F)cc1. The van der Waals surface area contributed by atoms with Crippen LogP contribution >= 0.6 is 0 Å². The molecule has 0 radical (unpaired) electrons. The van der Waals surface area contributed by atoms with Gasteiger partial charge < -0.3 is 10.1 Å². The third kappa shape index (κ3) is 4.13. The number of hydrogen-bond donors (Lipinski definition) is 1. The smallest absolute Gasteiger partial charge is 0.434 e. The first kappa shape index (κ1) is 19.4. The van der Waals surface area contributed by atoms with Crippen LogP contribution in [0.4, 0.5) is 17.6 Å². The highest BCUT2D eigenvalue weighted by Crippen LogP contribution is 2.33. The van der Waals surface area contributed by atoms with E-state index >= 15 is 0 Å². The Labute approximate surface area is 157 Å². The summed E-state index contributed by atoms with van der Waals surface area (Å²) < 4.78 is 59.4. The largest absolute Gasteiger partial charge is 0.497 e. The van der Waals surface area contributed by atoms with Crippen LogP contribution in [0.3, 0.4) is 0 Å². The quantitative estimate of drug-likeness (QED) is 0.668. The number of halogens is 4. The van der Waals surface area contributed by atoms with E-state index in [1.165, 1.54) is 7.11 Å². The fourth-order valence-corrected chi connectivity index (χ4v) is 2.59. The minimum atomic E-state index is -4.84. The fraction of sp³-hybridized carbons (Fsp3) is 0.158. The van der Waals surface area contributed by atoms with E-state index in [0.717, 1.165) is 30.5 Å². The maximum absolute atomic E-state index is 13.6. The standard InChI is InChI=1S/C19H15F4N3O2/c1-28-15-8-2-12(3-9-15)10-24-18(27)16-11-25-26(17(16)19(21,22)23)14-6-4-13(20)5-7-14/h2-9,11H,10H2,1H3,(H,24,27). The van der Waals surface area contributed by atoms with E-state index in [9.17, 15) is 22.4 Å². The summed E-state index contributed by atoms with van der Waals surface area (Å²) >= 11 is 0. The molecule has 3 aromatic rings. The number of methoxy groups -OCH3 is 1. The van der Waals surface area contributed by atoms with E-state index in [1.54, 1.807) is 24.3 Å². The van der Waals surface area contributed by atoms with Gasteiger partial charge in [-0.3, -0.25) is 4.79 Å². The number of nitrogens with zero attached hydrogens (tertiary/aromatic N) is 2. The Morgan fingerprint density at radius 2 is 1.75 bits per heavy atom. The van der Waals surface area contributed by atoms with Crippen LogP contribution in [0.2, 0.25) is 0 Å². The van der Waals surface area contributed by atoms with Crippen molar-refractivity contribution in [1.82, 2.24) is 15.1 Å². The number of carbonyl (C=O) groups is 1. The predicted molar refractivity (Wildman–Crippen MR) is 92.7 cm³/mol. The Hall–Kier alpha value is -3.36. The van der Waals surface area contributed by atoms with Crippen LogP contribution in [0, 0.1) is 5.82 Å². The summed E-state index contributed by atoms with van der Waals surface area (Å²) in [5.41, 5.74) is -1.17. The van der Waals surface area contributed by atoms with Gasteiger partial charge in [0, 0.05) is 6.54 Å². The Morgan fingerprint density at radius 3 is 2.32 bits per heavy atom. The Balaban J connectivity index is 1.86. The molecule has 3 rings (SSSR count). The second-order valence-electron chi connectivity index (χ2n) is 5.82. The molecule has 0 aliphatic rings. The van der Waals surface area contributed by atoms with Crippen molar-refractivity contribution in [3.8, 4) is 11.4 Å². The number of carbonyl (C=O) groups excluding carboxylic acids is 1. The molecule has 0 fully saturated rings. The van der Waals surface area contributed by atoms with Crippen molar-refractivity contribution >= 4 is 5.91 Å². The molecule has 1 N–H and O–H groups in total. The van der Waals surface area contributed by atoms with Gasteiger partial charge in [-0.05, 0) is 42.0 Å². The number of ether oxygens (including phenoxy) is 1. The lowest BCUT2D eigenvalue weighted by atomic mass is 10.2. The van der Waals surface area contributed by atoms with Gasteiger partial charge in [-0.25, -0.2) is 9.07 Å². The van der Waals surface area contributed by atoms with Gasteiger partial charge in [-0.2, -0.15) is 18.3 Å². The van der Waals surface area contributed by atoms with Gasteiger partial charge in [-0.1, -0.05) is 12.1 Å². The van der Waals surface area contributed by atoms with Gasteiger partial charge >= 0.3 is 6.18 Å². The van der Waals surface area contributed by atoms with E-state index in [4.69, 9.17) is 4.74 Å². The molecule has 2 aromatic carbocycles. The zero-order chi connectivity index (χ0) is 20.3. The van der Waals surface area contributed by atoms with Crippen LogP contribution < -0.4 is 10.1 Å². The lowest BCUT2D eigenvalue weighted by Crippen LogP contribution is -2.26. The van der Waals surface area contributed by atoms with Crippen LogP contribution in [0.1, 0.15) is 21.6 Å². The molecule has 146 valence electrons. The number of alkyl halides is 3. The Bertz CT molecular complexity index is 964. The van der Waals surface area contributed by atoms with Gasteiger partial charge in [0.1, 0.15) is 11.6 Å². The van der Waals surface area contributed by atoms with E-state index < -0.39 is 29.2 Å². The Morgan fingerprint density at radius 1 is 1.11 bits per heavy atom. The molecule has 5 nitrogen and oxygen atoms in total. The maximum atomic E-state index is 13.6. The average Bonchev–Trinajstić information content (AvgIpc) is 3.13. The summed E-state index contributed by atoms with van der Waals surface area (Å²) in [6.07, 6.45) is -3.99. The van der Waals surface area contributed by atoms with Crippen molar-refractivity contribution in [2.45, 2.75) is 12.7 Å². The minimum absolute atomic E-state index is 0.0112. The van der Waals surface area contributed by atoms with Gasteiger partial charge in [0.05, 0.1) is 24.6 Å². The third-order valence-corrected chi connectivity index (χ3v) is 3.97. The summed E-state index contributed by atoms with van der Waals surface area (Å²) in [6, 6.07) is 11.1. The highest BCUT2D eigenvalue weighted by molar-refractivity contribution is 5.95. The first-order valence-electron chi connectivity index (χ1n) is 8.12. The number of benzene rings is 2. The molecular formula is C19H15F4N3O2. The van der Waals surface area contributed by atoms with Crippen LogP contribution in [0.5, 0.6) is 5.75 Å². The molecule has 0 saturated heterocycles. The number of amides is 1. The number of nitrogens with one attached hydrogen (secondary N) is 1. The molecule has 1 amide bonds. The monoisotopic (exact) mass is 393 g/mol. The predicted octanol–water partition coefficient (Wildman–Crippen LogP) is 3.97. The summed E-state index contributed by atoms with van der Waals surface area (Å²) in [6.45, 7) is 0.0296. The molecule has 0 atom stereocenters. The number of hydrogen-bond acceptors (Lipinski definition) is 3. The molecule has 1 heterocycles. The third-order valence-electron chi connectivity index (χ3n) is 3.97. The molecule has 0 spiro atoms. The second-order valence-corrected chi connectivity index (χ2v) is 5.82. The van der Waals surface area contributed by atoms with Crippen molar-refractivity contribution in [2.24, 2.45) is 0 Å². The average molecular weight is 393 g/mol. The Kier molecular flexibility index (Phi) is 5.34. The molecule has 28 heavy (non-hydrogen) atoms. The highest BCUT2D eigenvalue weighted by atomic mass is 19.4. The van der Waals surface area contributed by atoms with Crippen LogP contribution in [-0.4, -0.2) is 22.8 Å². The lowest BCUT2D eigenvalue weighted by molar-refractivity contribution is -0.143. The van der Waals surface area contributed by atoms with E-state index in [2.05, 4.69) is 10.4 Å². The van der Waals surface area contributed by atoms with Crippen molar-refractivity contribution in [3.63, 3.8) is 0 Å². The van der Waals surface area contributed by atoms with E-state index in [-0.39, 0.29) is 12.2 Å². The zero-order valence-electron chi connectivity index (χ0n) is 14.6. The normalized spacial score (nSPS) is 11.3. The summed E-state index contributed by atoms with van der Waals surface area (Å²) in [5.74, 6) is -0.895. The highest BCUT2D eigenvalue weighted by Gasteiger charge is 2.40. The maximum Gasteiger partial charge on any atom is 0.434 e. The van der Waals surface area contributed by atoms with Gasteiger partial charge in [0.15, 0.2) is 5.69 Å². The summed E-state index contributed by atoms with van der Waals surface area (Å²) in [5, 5.41) is 6.12. The van der Waals surface area contributed by atoms with Crippen molar-refractivity contribution in [1.29, 1.82) is 0 Å².